The van der Waals surface area contributed by atoms with Gasteiger partial charge in [-0.25, -0.2) is 8.42 Å². The number of piperazine rings is 1. The SMILES string of the molecule is Cc1cc(C)c(OCC(=O)N2CCN(S(=O)(=O)c3cc(C)ccc3C)CC2)c(C)c1. The Balaban J connectivity index is 1.61. The van der Waals surface area contributed by atoms with Gasteiger partial charge in [-0.15, -0.1) is 0 Å². The van der Waals surface area contributed by atoms with Gasteiger partial charge in [0.1, 0.15) is 5.75 Å². The maximum atomic E-state index is 13.0. The van der Waals surface area contributed by atoms with E-state index in [-0.39, 0.29) is 25.6 Å². The molecule has 1 aliphatic heterocycles. The van der Waals surface area contributed by atoms with Crippen LogP contribution in [0.2, 0.25) is 0 Å². The summed E-state index contributed by atoms with van der Waals surface area (Å²) in [5.41, 5.74) is 4.81. The van der Waals surface area contributed by atoms with Crippen LogP contribution in [0.4, 0.5) is 0 Å². The van der Waals surface area contributed by atoms with E-state index in [4.69, 9.17) is 4.74 Å². The Kier molecular flexibility index (Phi) is 6.53. The topological polar surface area (TPSA) is 66.9 Å². The normalized spacial score (nSPS) is 15.3. The van der Waals surface area contributed by atoms with Gasteiger partial charge in [0, 0.05) is 26.2 Å². The van der Waals surface area contributed by atoms with Crippen LogP contribution in [0.25, 0.3) is 0 Å². The highest BCUT2D eigenvalue weighted by Gasteiger charge is 2.31. The lowest BCUT2D eigenvalue weighted by Crippen LogP contribution is -2.51. The Morgan fingerprint density at radius 3 is 2.07 bits per heavy atom. The minimum Gasteiger partial charge on any atom is -0.483 e. The molecule has 6 nitrogen and oxygen atoms in total. The van der Waals surface area contributed by atoms with Crippen LogP contribution in [-0.4, -0.2) is 56.3 Å². The molecule has 0 bridgehead atoms. The first-order valence-electron chi connectivity index (χ1n) is 10.2. The molecule has 3 rings (SSSR count). The lowest BCUT2D eigenvalue weighted by atomic mass is 10.1. The molecule has 0 atom stereocenters. The third-order valence-electron chi connectivity index (χ3n) is 5.50. The molecule has 0 unspecified atom stereocenters. The number of amides is 1. The molecule has 1 aliphatic rings. The standard InChI is InChI=1S/C23H30N2O4S/c1-16-6-7-18(3)21(14-16)30(27,28)25-10-8-24(9-11-25)22(26)15-29-23-19(4)12-17(2)13-20(23)5/h6-7,12-14H,8-11,15H2,1-5H3. The van der Waals surface area contributed by atoms with E-state index in [1.807, 2.05) is 52.0 Å². The summed E-state index contributed by atoms with van der Waals surface area (Å²) in [4.78, 5) is 14.6. The predicted octanol–water partition coefficient (Wildman–Crippen LogP) is 3.14. The van der Waals surface area contributed by atoms with Crippen molar-refractivity contribution >= 4 is 15.9 Å². The summed E-state index contributed by atoms with van der Waals surface area (Å²) in [7, 11) is -3.57. The lowest BCUT2D eigenvalue weighted by molar-refractivity contribution is -0.134. The molecule has 0 radical (unpaired) electrons. The molecule has 0 spiro atoms. The molecule has 0 aliphatic carbocycles. The number of hydrogen-bond acceptors (Lipinski definition) is 4. The fourth-order valence-electron chi connectivity index (χ4n) is 3.92. The van der Waals surface area contributed by atoms with Gasteiger partial charge in [0.25, 0.3) is 5.91 Å². The zero-order chi connectivity index (χ0) is 22.1. The van der Waals surface area contributed by atoms with Crippen molar-refractivity contribution < 1.29 is 17.9 Å². The number of rotatable bonds is 5. The van der Waals surface area contributed by atoms with Crippen LogP contribution in [0, 0.1) is 34.6 Å². The first-order chi connectivity index (χ1) is 14.1. The molecule has 0 aromatic heterocycles. The highest BCUT2D eigenvalue weighted by atomic mass is 32.2. The van der Waals surface area contributed by atoms with E-state index in [0.29, 0.717) is 18.0 Å². The number of sulfonamides is 1. The Hall–Kier alpha value is -2.38. The predicted molar refractivity (Wildman–Crippen MR) is 117 cm³/mol. The molecule has 2 aromatic rings. The third kappa shape index (κ3) is 4.68. The molecule has 2 aromatic carbocycles. The largest absolute Gasteiger partial charge is 0.483 e. The quantitative estimate of drug-likeness (QED) is 0.731. The highest BCUT2D eigenvalue weighted by Crippen LogP contribution is 2.25. The fraction of sp³-hybridized carbons (Fsp3) is 0.435. The Morgan fingerprint density at radius 1 is 0.867 bits per heavy atom. The zero-order valence-corrected chi connectivity index (χ0v) is 19.2. The average Bonchev–Trinajstić information content (AvgIpc) is 2.68. The number of carbonyl (C=O) groups is 1. The van der Waals surface area contributed by atoms with E-state index in [2.05, 4.69) is 0 Å². The van der Waals surface area contributed by atoms with Crippen LogP contribution in [0.15, 0.2) is 35.2 Å². The van der Waals surface area contributed by atoms with Gasteiger partial charge < -0.3 is 9.64 Å². The summed E-state index contributed by atoms with van der Waals surface area (Å²) >= 11 is 0. The second-order valence-corrected chi connectivity index (χ2v) is 9.98. The van der Waals surface area contributed by atoms with Crippen LogP contribution in [0.5, 0.6) is 5.75 Å². The molecule has 7 heteroatoms. The van der Waals surface area contributed by atoms with Gasteiger partial charge in [0.15, 0.2) is 6.61 Å². The van der Waals surface area contributed by atoms with Gasteiger partial charge >= 0.3 is 0 Å². The van der Waals surface area contributed by atoms with E-state index in [0.717, 1.165) is 33.6 Å². The van der Waals surface area contributed by atoms with E-state index < -0.39 is 10.0 Å². The van der Waals surface area contributed by atoms with Crippen molar-refractivity contribution in [2.24, 2.45) is 0 Å². The van der Waals surface area contributed by atoms with Crippen molar-refractivity contribution in [3.63, 3.8) is 0 Å². The van der Waals surface area contributed by atoms with Gasteiger partial charge in [0.05, 0.1) is 4.90 Å². The van der Waals surface area contributed by atoms with Crippen molar-refractivity contribution in [3.8, 4) is 5.75 Å². The van der Waals surface area contributed by atoms with Gasteiger partial charge in [-0.2, -0.15) is 4.31 Å². The summed E-state index contributed by atoms with van der Waals surface area (Å²) in [6, 6.07) is 9.51. The number of nitrogens with zero attached hydrogens (tertiary/aromatic N) is 2. The van der Waals surface area contributed by atoms with Crippen molar-refractivity contribution in [2.45, 2.75) is 39.5 Å². The maximum absolute atomic E-state index is 13.0. The molecular formula is C23H30N2O4S. The monoisotopic (exact) mass is 430 g/mol. The van der Waals surface area contributed by atoms with Crippen molar-refractivity contribution in [1.29, 1.82) is 0 Å². The molecule has 162 valence electrons. The van der Waals surface area contributed by atoms with Gasteiger partial charge in [-0.1, -0.05) is 29.8 Å². The highest BCUT2D eigenvalue weighted by molar-refractivity contribution is 7.89. The molecule has 0 saturated carbocycles. The summed E-state index contributed by atoms with van der Waals surface area (Å²) in [6.07, 6.45) is 0. The summed E-state index contributed by atoms with van der Waals surface area (Å²) in [5, 5.41) is 0. The van der Waals surface area contributed by atoms with Crippen molar-refractivity contribution in [3.05, 3.63) is 58.1 Å². The van der Waals surface area contributed by atoms with Crippen LogP contribution >= 0.6 is 0 Å². The van der Waals surface area contributed by atoms with Gasteiger partial charge in [-0.05, 0) is 62.9 Å². The van der Waals surface area contributed by atoms with Crippen molar-refractivity contribution in [2.75, 3.05) is 32.8 Å². The van der Waals surface area contributed by atoms with Crippen LogP contribution in [0.1, 0.15) is 27.8 Å². The number of carbonyl (C=O) groups excluding carboxylic acids is 1. The lowest BCUT2D eigenvalue weighted by Gasteiger charge is -2.34. The van der Waals surface area contributed by atoms with Gasteiger partial charge in [0.2, 0.25) is 10.0 Å². The summed E-state index contributed by atoms with van der Waals surface area (Å²) < 4.78 is 33.4. The fourth-order valence-corrected chi connectivity index (χ4v) is 5.65. The molecule has 30 heavy (non-hydrogen) atoms. The first kappa shape index (κ1) is 22.3. The second-order valence-electron chi connectivity index (χ2n) is 8.07. The Labute approximate surface area is 179 Å². The van der Waals surface area contributed by atoms with Crippen LogP contribution < -0.4 is 4.74 Å². The number of benzene rings is 2. The minimum atomic E-state index is -3.57. The zero-order valence-electron chi connectivity index (χ0n) is 18.4. The van der Waals surface area contributed by atoms with E-state index in [9.17, 15) is 13.2 Å². The molecule has 1 amide bonds. The summed E-state index contributed by atoms with van der Waals surface area (Å²) in [6.45, 7) is 10.9. The Bertz CT molecular complexity index is 1030. The van der Waals surface area contributed by atoms with Gasteiger partial charge in [-0.3, -0.25) is 4.79 Å². The molecule has 1 saturated heterocycles. The summed E-state index contributed by atoms with van der Waals surface area (Å²) in [5.74, 6) is 0.614. The molecular weight excluding hydrogens is 400 g/mol. The third-order valence-corrected chi connectivity index (χ3v) is 7.54. The second kappa shape index (κ2) is 8.78. The number of ether oxygens (including phenoxy) is 1. The van der Waals surface area contributed by atoms with E-state index in [1.165, 1.54) is 4.31 Å². The molecule has 1 fully saturated rings. The first-order valence-corrected chi connectivity index (χ1v) is 11.6. The van der Waals surface area contributed by atoms with Crippen LogP contribution in [-0.2, 0) is 14.8 Å². The average molecular weight is 431 g/mol. The number of aryl methyl sites for hydroxylation is 5. The number of hydrogen-bond donors (Lipinski definition) is 0. The Morgan fingerprint density at radius 2 is 1.47 bits per heavy atom. The maximum Gasteiger partial charge on any atom is 0.260 e. The molecule has 1 heterocycles. The van der Waals surface area contributed by atoms with E-state index in [1.54, 1.807) is 17.9 Å². The smallest absolute Gasteiger partial charge is 0.260 e. The molecule has 0 N–H and O–H groups in total. The van der Waals surface area contributed by atoms with Crippen LogP contribution in [0.3, 0.4) is 0 Å². The minimum absolute atomic E-state index is 0.0471. The van der Waals surface area contributed by atoms with Crippen molar-refractivity contribution in [1.82, 2.24) is 9.21 Å². The van der Waals surface area contributed by atoms with E-state index >= 15 is 0 Å².